The van der Waals surface area contributed by atoms with Crippen molar-refractivity contribution in [3.63, 3.8) is 0 Å². The molecular weight excluding hydrogens is 226 g/mol. The van der Waals surface area contributed by atoms with Crippen molar-refractivity contribution in [2.75, 3.05) is 14.2 Å². The van der Waals surface area contributed by atoms with Gasteiger partial charge in [0.1, 0.15) is 5.75 Å². The van der Waals surface area contributed by atoms with Gasteiger partial charge in [-0.1, -0.05) is 6.07 Å². The second-order valence-electron chi connectivity index (χ2n) is 4.86. The van der Waals surface area contributed by atoms with Crippen molar-refractivity contribution in [2.24, 2.45) is 0 Å². The monoisotopic (exact) mass is 247 g/mol. The standard InChI is InChI=1S/C15H21NO2/c1-17-14-6-3-11(4-7-14)12-5-8-15(18-2)13(9-12)10-16/h5,8-11,14,16H,3-4,6-7H2,1-2H3. The first-order chi connectivity index (χ1) is 8.78. The molecule has 1 N–H and O–H groups in total. The maximum Gasteiger partial charge on any atom is 0.127 e. The number of ether oxygens (including phenoxy) is 2. The molecule has 1 aromatic carbocycles. The maximum absolute atomic E-state index is 7.44. The zero-order valence-electron chi connectivity index (χ0n) is 11.1. The van der Waals surface area contributed by atoms with E-state index in [0.29, 0.717) is 12.0 Å². The lowest BCUT2D eigenvalue weighted by Crippen LogP contribution is -2.19. The van der Waals surface area contributed by atoms with Crippen LogP contribution in [0.3, 0.4) is 0 Å². The molecule has 1 aliphatic rings. The van der Waals surface area contributed by atoms with Gasteiger partial charge in [0.05, 0.1) is 13.2 Å². The fourth-order valence-electron chi connectivity index (χ4n) is 2.75. The van der Waals surface area contributed by atoms with E-state index in [1.165, 1.54) is 24.6 Å². The molecular formula is C15H21NO2. The fourth-order valence-corrected chi connectivity index (χ4v) is 2.75. The SMILES string of the molecule is COc1ccc(C2CCC(OC)CC2)cc1C=N. The van der Waals surface area contributed by atoms with Crippen LogP contribution in [0.5, 0.6) is 5.75 Å². The first-order valence-electron chi connectivity index (χ1n) is 6.49. The Labute approximate surface area is 109 Å². The largest absolute Gasteiger partial charge is 0.496 e. The highest BCUT2D eigenvalue weighted by molar-refractivity contribution is 5.81. The Morgan fingerprint density at radius 1 is 1.17 bits per heavy atom. The van der Waals surface area contributed by atoms with Gasteiger partial charge < -0.3 is 14.9 Å². The van der Waals surface area contributed by atoms with Crippen LogP contribution in [0.2, 0.25) is 0 Å². The number of methoxy groups -OCH3 is 2. The van der Waals surface area contributed by atoms with Crippen molar-refractivity contribution in [2.45, 2.75) is 37.7 Å². The summed E-state index contributed by atoms with van der Waals surface area (Å²) >= 11 is 0. The van der Waals surface area contributed by atoms with Crippen molar-refractivity contribution < 1.29 is 9.47 Å². The van der Waals surface area contributed by atoms with E-state index in [9.17, 15) is 0 Å². The minimum Gasteiger partial charge on any atom is -0.496 e. The van der Waals surface area contributed by atoms with Gasteiger partial charge in [-0.15, -0.1) is 0 Å². The van der Waals surface area contributed by atoms with Crippen LogP contribution in [0.25, 0.3) is 0 Å². The van der Waals surface area contributed by atoms with Crippen LogP contribution >= 0.6 is 0 Å². The van der Waals surface area contributed by atoms with Crippen molar-refractivity contribution in [3.8, 4) is 5.75 Å². The maximum atomic E-state index is 7.44. The quantitative estimate of drug-likeness (QED) is 0.829. The average molecular weight is 247 g/mol. The summed E-state index contributed by atoms with van der Waals surface area (Å²) in [6.07, 6.45) is 6.40. The third kappa shape index (κ3) is 2.72. The van der Waals surface area contributed by atoms with Crippen LogP contribution in [0.1, 0.15) is 42.7 Å². The van der Waals surface area contributed by atoms with Gasteiger partial charge in [-0.3, -0.25) is 0 Å². The van der Waals surface area contributed by atoms with E-state index < -0.39 is 0 Å². The topological polar surface area (TPSA) is 42.3 Å². The molecule has 0 radical (unpaired) electrons. The minimum atomic E-state index is 0.432. The van der Waals surface area contributed by atoms with Gasteiger partial charge in [0.15, 0.2) is 0 Å². The molecule has 0 aromatic heterocycles. The Kier molecular flexibility index (Phi) is 4.37. The second kappa shape index (κ2) is 6.01. The summed E-state index contributed by atoms with van der Waals surface area (Å²) in [6.45, 7) is 0. The summed E-state index contributed by atoms with van der Waals surface area (Å²) in [7, 11) is 3.44. The van der Waals surface area contributed by atoms with Crippen molar-refractivity contribution >= 4 is 6.21 Å². The molecule has 3 heteroatoms. The number of hydrogen-bond acceptors (Lipinski definition) is 3. The zero-order chi connectivity index (χ0) is 13.0. The molecule has 1 fully saturated rings. The molecule has 0 amide bonds. The summed E-state index contributed by atoms with van der Waals surface area (Å²) in [5.74, 6) is 1.38. The van der Waals surface area contributed by atoms with E-state index in [4.69, 9.17) is 14.9 Å². The molecule has 0 saturated heterocycles. The first kappa shape index (κ1) is 13.1. The highest BCUT2D eigenvalue weighted by Gasteiger charge is 2.22. The molecule has 2 rings (SSSR count). The van der Waals surface area contributed by atoms with Gasteiger partial charge in [-0.05, 0) is 49.3 Å². The summed E-state index contributed by atoms with van der Waals surface area (Å²) in [5, 5.41) is 7.44. The van der Waals surface area contributed by atoms with Crippen LogP contribution in [-0.2, 0) is 4.74 Å². The van der Waals surface area contributed by atoms with Gasteiger partial charge in [0, 0.05) is 18.9 Å². The summed E-state index contributed by atoms with van der Waals surface area (Å²) in [6, 6.07) is 6.19. The third-order valence-electron chi connectivity index (χ3n) is 3.89. The van der Waals surface area contributed by atoms with Crippen molar-refractivity contribution in [1.29, 1.82) is 5.41 Å². The summed E-state index contributed by atoms with van der Waals surface area (Å²) in [4.78, 5) is 0. The highest BCUT2D eigenvalue weighted by Crippen LogP contribution is 2.35. The molecule has 0 spiro atoms. The predicted octanol–water partition coefficient (Wildman–Crippen LogP) is 3.37. The van der Waals surface area contributed by atoms with E-state index in [-0.39, 0.29) is 0 Å². The van der Waals surface area contributed by atoms with E-state index in [0.717, 1.165) is 24.2 Å². The lowest BCUT2D eigenvalue weighted by molar-refractivity contribution is 0.0658. The molecule has 0 heterocycles. The number of hydrogen-bond donors (Lipinski definition) is 1. The van der Waals surface area contributed by atoms with Gasteiger partial charge >= 0.3 is 0 Å². The van der Waals surface area contributed by atoms with E-state index >= 15 is 0 Å². The highest BCUT2D eigenvalue weighted by atomic mass is 16.5. The molecule has 98 valence electrons. The first-order valence-corrected chi connectivity index (χ1v) is 6.49. The van der Waals surface area contributed by atoms with Gasteiger partial charge in [0.25, 0.3) is 0 Å². The Hall–Kier alpha value is -1.35. The van der Waals surface area contributed by atoms with Crippen LogP contribution in [0, 0.1) is 5.41 Å². The Bertz CT molecular complexity index is 409. The lowest BCUT2D eigenvalue weighted by atomic mass is 9.82. The Morgan fingerprint density at radius 3 is 2.44 bits per heavy atom. The molecule has 1 aliphatic carbocycles. The van der Waals surface area contributed by atoms with Crippen molar-refractivity contribution in [3.05, 3.63) is 29.3 Å². The van der Waals surface area contributed by atoms with Crippen LogP contribution < -0.4 is 4.74 Å². The number of nitrogens with one attached hydrogen (secondary N) is 1. The molecule has 0 unspecified atom stereocenters. The van der Waals surface area contributed by atoms with Crippen molar-refractivity contribution in [1.82, 2.24) is 0 Å². The van der Waals surface area contributed by atoms with Gasteiger partial charge in [-0.25, -0.2) is 0 Å². The molecule has 0 aliphatic heterocycles. The summed E-state index contributed by atoms with van der Waals surface area (Å²) in [5.41, 5.74) is 2.19. The van der Waals surface area contributed by atoms with Crippen LogP contribution in [0.15, 0.2) is 18.2 Å². The molecule has 0 bridgehead atoms. The van der Waals surface area contributed by atoms with E-state index in [2.05, 4.69) is 12.1 Å². The number of rotatable bonds is 4. The normalized spacial score (nSPS) is 23.7. The van der Waals surface area contributed by atoms with Crippen LogP contribution in [-0.4, -0.2) is 26.5 Å². The molecule has 0 atom stereocenters. The molecule has 3 nitrogen and oxygen atoms in total. The molecule has 18 heavy (non-hydrogen) atoms. The second-order valence-corrected chi connectivity index (χ2v) is 4.86. The predicted molar refractivity (Wildman–Crippen MR) is 72.9 cm³/mol. The lowest BCUT2D eigenvalue weighted by Gasteiger charge is -2.28. The smallest absolute Gasteiger partial charge is 0.127 e. The average Bonchev–Trinajstić information content (AvgIpc) is 2.46. The van der Waals surface area contributed by atoms with Gasteiger partial charge in [0.2, 0.25) is 0 Å². The van der Waals surface area contributed by atoms with Gasteiger partial charge in [-0.2, -0.15) is 0 Å². The Balaban J connectivity index is 2.12. The Morgan fingerprint density at radius 2 is 1.89 bits per heavy atom. The summed E-state index contributed by atoms with van der Waals surface area (Å²) < 4.78 is 10.6. The molecule has 1 aromatic rings. The van der Waals surface area contributed by atoms with E-state index in [1.807, 2.05) is 6.07 Å². The zero-order valence-corrected chi connectivity index (χ0v) is 11.1. The minimum absolute atomic E-state index is 0.432. The van der Waals surface area contributed by atoms with Crippen LogP contribution in [0.4, 0.5) is 0 Å². The molecule has 1 saturated carbocycles. The number of benzene rings is 1. The third-order valence-corrected chi connectivity index (χ3v) is 3.89. The fraction of sp³-hybridized carbons (Fsp3) is 0.533. The van der Waals surface area contributed by atoms with E-state index in [1.54, 1.807) is 14.2 Å².